The molecule has 0 saturated heterocycles. The van der Waals surface area contributed by atoms with Gasteiger partial charge in [-0.25, -0.2) is 9.97 Å². The minimum absolute atomic E-state index is 0.0411. The van der Waals surface area contributed by atoms with Crippen LogP contribution in [0.15, 0.2) is 42.5 Å². The van der Waals surface area contributed by atoms with E-state index in [4.69, 9.17) is 0 Å². The molecule has 0 unspecified atom stereocenters. The second-order valence-corrected chi connectivity index (χ2v) is 4.45. The van der Waals surface area contributed by atoms with Crippen molar-refractivity contribution in [2.45, 2.75) is 6.92 Å². The number of imidazole rings is 1. The Balaban J connectivity index is 2.21. The summed E-state index contributed by atoms with van der Waals surface area (Å²) in [4.78, 5) is 20.3. The maximum absolute atomic E-state index is 11.4. The molecule has 4 nitrogen and oxygen atoms in total. The molecule has 0 saturated carbocycles. The molecule has 1 aromatic carbocycles. The molecule has 0 fully saturated rings. The monoisotopic (exact) mass is 251 g/mol. The summed E-state index contributed by atoms with van der Waals surface area (Å²) in [7, 11) is 1.95. The first kappa shape index (κ1) is 11.6. The van der Waals surface area contributed by atoms with E-state index >= 15 is 0 Å². The normalized spacial score (nSPS) is 10.8. The van der Waals surface area contributed by atoms with Crippen LogP contribution in [0.5, 0.6) is 0 Å². The number of para-hydroxylation sites is 2. The van der Waals surface area contributed by atoms with Crippen LogP contribution in [0.25, 0.3) is 22.6 Å². The number of Topliss-reactive ketones (excluding diaryl/α,β-unsaturated/α-hetero) is 1. The second-order valence-electron chi connectivity index (χ2n) is 4.45. The number of hydrogen-bond donors (Lipinski definition) is 0. The summed E-state index contributed by atoms with van der Waals surface area (Å²) < 4.78 is 1.99. The fourth-order valence-electron chi connectivity index (χ4n) is 2.13. The Morgan fingerprint density at radius 1 is 1.05 bits per heavy atom. The average molecular weight is 251 g/mol. The highest BCUT2D eigenvalue weighted by Gasteiger charge is 2.11. The van der Waals surface area contributed by atoms with Crippen molar-refractivity contribution in [1.29, 1.82) is 0 Å². The smallest absolute Gasteiger partial charge is 0.178 e. The molecule has 94 valence electrons. The van der Waals surface area contributed by atoms with E-state index in [1.54, 1.807) is 6.07 Å². The summed E-state index contributed by atoms with van der Waals surface area (Å²) in [5, 5.41) is 0. The summed E-state index contributed by atoms with van der Waals surface area (Å²) in [6, 6.07) is 13.3. The van der Waals surface area contributed by atoms with Crippen molar-refractivity contribution in [3.05, 3.63) is 48.2 Å². The number of pyridine rings is 1. The molecule has 19 heavy (non-hydrogen) atoms. The zero-order chi connectivity index (χ0) is 13.4. The number of fused-ring (bicyclic) bond motifs is 1. The Morgan fingerprint density at radius 3 is 2.58 bits per heavy atom. The highest BCUT2D eigenvalue weighted by Crippen LogP contribution is 2.22. The SMILES string of the molecule is CC(=O)c1cccc(-c2nc3ccccc3n2C)n1. The summed E-state index contributed by atoms with van der Waals surface area (Å²) in [6.07, 6.45) is 0. The third-order valence-corrected chi connectivity index (χ3v) is 3.13. The number of carbonyl (C=O) groups excluding carboxylic acids is 1. The summed E-state index contributed by atoms with van der Waals surface area (Å²) >= 11 is 0. The minimum Gasteiger partial charge on any atom is -0.326 e. The van der Waals surface area contributed by atoms with Gasteiger partial charge in [-0.15, -0.1) is 0 Å². The third kappa shape index (κ3) is 1.91. The molecule has 0 N–H and O–H groups in total. The van der Waals surface area contributed by atoms with E-state index in [2.05, 4.69) is 9.97 Å². The van der Waals surface area contributed by atoms with Gasteiger partial charge in [-0.05, 0) is 24.3 Å². The Labute approximate surface area is 110 Å². The van der Waals surface area contributed by atoms with Gasteiger partial charge in [0.25, 0.3) is 0 Å². The molecular formula is C15H13N3O. The maximum atomic E-state index is 11.4. The van der Waals surface area contributed by atoms with Gasteiger partial charge >= 0.3 is 0 Å². The molecule has 0 aliphatic heterocycles. The number of rotatable bonds is 2. The molecule has 0 aliphatic carbocycles. The summed E-state index contributed by atoms with van der Waals surface area (Å²) in [6.45, 7) is 1.51. The lowest BCUT2D eigenvalue weighted by molar-refractivity contribution is 0.101. The molecule has 3 rings (SSSR count). The predicted octanol–water partition coefficient (Wildman–Crippen LogP) is 2.84. The van der Waals surface area contributed by atoms with Crippen molar-refractivity contribution in [1.82, 2.24) is 14.5 Å². The van der Waals surface area contributed by atoms with Gasteiger partial charge in [-0.1, -0.05) is 18.2 Å². The van der Waals surface area contributed by atoms with Gasteiger partial charge in [-0.2, -0.15) is 0 Å². The molecular weight excluding hydrogens is 238 g/mol. The number of aromatic nitrogens is 3. The van der Waals surface area contributed by atoms with Crippen LogP contribution in [0.1, 0.15) is 17.4 Å². The van der Waals surface area contributed by atoms with E-state index in [0.29, 0.717) is 11.4 Å². The molecule has 2 aromatic heterocycles. The van der Waals surface area contributed by atoms with Crippen LogP contribution in [0.2, 0.25) is 0 Å². The van der Waals surface area contributed by atoms with Crippen LogP contribution >= 0.6 is 0 Å². The van der Waals surface area contributed by atoms with Gasteiger partial charge in [0.05, 0.1) is 11.0 Å². The van der Waals surface area contributed by atoms with Crippen molar-refractivity contribution >= 4 is 16.8 Å². The molecule has 4 heteroatoms. The summed E-state index contributed by atoms with van der Waals surface area (Å²) in [5.41, 5.74) is 3.15. The van der Waals surface area contributed by atoms with E-state index in [0.717, 1.165) is 16.9 Å². The van der Waals surface area contributed by atoms with E-state index in [1.165, 1.54) is 6.92 Å². The van der Waals surface area contributed by atoms with Gasteiger partial charge in [-0.3, -0.25) is 4.79 Å². The fourth-order valence-corrected chi connectivity index (χ4v) is 2.13. The van der Waals surface area contributed by atoms with Crippen LogP contribution in [-0.2, 0) is 7.05 Å². The number of hydrogen-bond acceptors (Lipinski definition) is 3. The Kier molecular flexibility index (Phi) is 2.63. The van der Waals surface area contributed by atoms with E-state index < -0.39 is 0 Å². The highest BCUT2D eigenvalue weighted by molar-refractivity contribution is 5.92. The first-order chi connectivity index (χ1) is 9.16. The largest absolute Gasteiger partial charge is 0.326 e. The van der Waals surface area contributed by atoms with E-state index in [1.807, 2.05) is 48.0 Å². The predicted molar refractivity (Wildman–Crippen MR) is 73.9 cm³/mol. The van der Waals surface area contributed by atoms with Crippen LogP contribution in [0, 0.1) is 0 Å². The lowest BCUT2D eigenvalue weighted by Crippen LogP contribution is -2.00. The number of carbonyl (C=O) groups is 1. The Bertz CT molecular complexity index is 774. The van der Waals surface area contributed by atoms with Crippen LogP contribution in [-0.4, -0.2) is 20.3 Å². The number of nitrogens with zero attached hydrogens (tertiary/aromatic N) is 3. The van der Waals surface area contributed by atoms with Gasteiger partial charge in [0.1, 0.15) is 11.4 Å². The minimum atomic E-state index is -0.0411. The number of benzene rings is 1. The molecule has 0 spiro atoms. The van der Waals surface area contributed by atoms with Crippen LogP contribution in [0.4, 0.5) is 0 Å². The van der Waals surface area contributed by atoms with Crippen LogP contribution < -0.4 is 0 Å². The van der Waals surface area contributed by atoms with E-state index in [9.17, 15) is 4.79 Å². The van der Waals surface area contributed by atoms with Gasteiger partial charge in [0.15, 0.2) is 11.6 Å². The zero-order valence-corrected chi connectivity index (χ0v) is 10.8. The van der Waals surface area contributed by atoms with Gasteiger partial charge < -0.3 is 4.57 Å². The Morgan fingerprint density at radius 2 is 1.84 bits per heavy atom. The number of ketones is 1. The van der Waals surface area contributed by atoms with Gasteiger partial charge in [0, 0.05) is 14.0 Å². The van der Waals surface area contributed by atoms with Crippen molar-refractivity contribution in [3.63, 3.8) is 0 Å². The average Bonchev–Trinajstić information content (AvgIpc) is 2.77. The molecule has 0 amide bonds. The fraction of sp³-hybridized carbons (Fsp3) is 0.133. The second kappa shape index (κ2) is 4.31. The van der Waals surface area contributed by atoms with E-state index in [-0.39, 0.29) is 5.78 Å². The van der Waals surface area contributed by atoms with Gasteiger partial charge in [0.2, 0.25) is 0 Å². The molecule has 0 atom stereocenters. The molecule has 2 heterocycles. The quantitative estimate of drug-likeness (QED) is 0.658. The maximum Gasteiger partial charge on any atom is 0.178 e. The third-order valence-electron chi connectivity index (χ3n) is 3.13. The van der Waals surface area contributed by atoms with Crippen molar-refractivity contribution in [2.24, 2.45) is 7.05 Å². The lowest BCUT2D eigenvalue weighted by atomic mass is 10.2. The molecule has 0 radical (unpaired) electrons. The standard InChI is InChI=1S/C15H13N3O/c1-10(19)11-7-5-8-13(16-11)15-17-12-6-3-4-9-14(12)18(15)2/h3-9H,1-2H3. The molecule has 3 aromatic rings. The Hall–Kier alpha value is -2.49. The first-order valence-corrected chi connectivity index (χ1v) is 6.06. The van der Waals surface area contributed by atoms with Crippen molar-refractivity contribution in [2.75, 3.05) is 0 Å². The summed E-state index contributed by atoms with van der Waals surface area (Å²) in [5.74, 6) is 0.727. The lowest BCUT2D eigenvalue weighted by Gasteiger charge is -2.03. The van der Waals surface area contributed by atoms with Crippen molar-refractivity contribution < 1.29 is 4.79 Å². The molecule has 0 aliphatic rings. The highest BCUT2D eigenvalue weighted by atomic mass is 16.1. The topological polar surface area (TPSA) is 47.8 Å². The first-order valence-electron chi connectivity index (χ1n) is 6.06. The zero-order valence-electron chi connectivity index (χ0n) is 10.8. The number of aryl methyl sites for hydroxylation is 1. The van der Waals surface area contributed by atoms with Crippen molar-refractivity contribution in [3.8, 4) is 11.5 Å². The molecule has 0 bridgehead atoms. The van der Waals surface area contributed by atoms with Crippen LogP contribution in [0.3, 0.4) is 0 Å².